The van der Waals surface area contributed by atoms with Gasteiger partial charge < -0.3 is 4.74 Å². The standard InChI is InChI=1S/C11H10ClFO2/c1-15-9-5-7(12)4-8(10(9)13)11(14)6-2-3-6/h4-6H,2-3H2,1H3. The molecule has 0 spiro atoms. The van der Waals surface area contributed by atoms with E-state index in [0.717, 1.165) is 12.8 Å². The Labute approximate surface area is 92.0 Å². The van der Waals surface area contributed by atoms with Crippen LogP contribution < -0.4 is 4.74 Å². The van der Waals surface area contributed by atoms with Gasteiger partial charge in [0.05, 0.1) is 12.7 Å². The van der Waals surface area contributed by atoms with Gasteiger partial charge in [-0.1, -0.05) is 11.6 Å². The Bertz CT molecular complexity index is 413. The molecule has 0 radical (unpaired) electrons. The summed E-state index contributed by atoms with van der Waals surface area (Å²) in [7, 11) is 1.35. The van der Waals surface area contributed by atoms with Crippen LogP contribution in [0.3, 0.4) is 0 Å². The quantitative estimate of drug-likeness (QED) is 0.744. The van der Waals surface area contributed by atoms with Crippen molar-refractivity contribution in [1.29, 1.82) is 0 Å². The minimum absolute atomic E-state index is 0.0199. The van der Waals surface area contributed by atoms with E-state index in [2.05, 4.69) is 0 Å². The Morgan fingerprint density at radius 3 is 2.73 bits per heavy atom. The average molecular weight is 229 g/mol. The predicted octanol–water partition coefficient (Wildman–Crippen LogP) is 3.08. The minimum Gasteiger partial charge on any atom is -0.494 e. The lowest BCUT2D eigenvalue weighted by molar-refractivity contribution is 0.0963. The summed E-state index contributed by atoms with van der Waals surface area (Å²) in [4.78, 5) is 11.7. The number of halogens is 2. The van der Waals surface area contributed by atoms with Gasteiger partial charge in [0.1, 0.15) is 0 Å². The molecule has 0 saturated heterocycles. The summed E-state index contributed by atoms with van der Waals surface area (Å²) in [6.07, 6.45) is 1.68. The zero-order chi connectivity index (χ0) is 11.0. The van der Waals surface area contributed by atoms with E-state index >= 15 is 0 Å². The molecule has 1 aliphatic carbocycles. The molecule has 0 bridgehead atoms. The van der Waals surface area contributed by atoms with Crippen molar-refractivity contribution in [3.05, 3.63) is 28.5 Å². The van der Waals surface area contributed by atoms with Crippen LogP contribution in [0.1, 0.15) is 23.2 Å². The molecule has 4 heteroatoms. The second kappa shape index (κ2) is 3.81. The minimum atomic E-state index is -0.612. The smallest absolute Gasteiger partial charge is 0.175 e. The molecule has 0 heterocycles. The van der Waals surface area contributed by atoms with Crippen LogP contribution in [-0.2, 0) is 0 Å². The van der Waals surface area contributed by atoms with E-state index in [1.165, 1.54) is 19.2 Å². The van der Waals surface area contributed by atoms with Crippen LogP contribution in [0.25, 0.3) is 0 Å². The molecule has 1 aromatic rings. The van der Waals surface area contributed by atoms with Crippen molar-refractivity contribution in [2.24, 2.45) is 5.92 Å². The highest BCUT2D eigenvalue weighted by molar-refractivity contribution is 6.31. The van der Waals surface area contributed by atoms with Crippen molar-refractivity contribution in [2.45, 2.75) is 12.8 Å². The lowest BCUT2D eigenvalue weighted by Gasteiger charge is -2.07. The second-order valence-corrected chi connectivity index (χ2v) is 4.04. The third-order valence-electron chi connectivity index (χ3n) is 2.44. The van der Waals surface area contributed by atoms with Crippen molar-refractivity contribution >= 4 is 17.4 Å². The Morgan fingerprint density at radius 1 is 1.53 bits per heavy atom. The van der Waals surface area contributed by atoms with Gasteiger partial charge in [-0.3, -0.25) is 4.79 Å². The number of hydrogen-bond acceptors (Lipinski definition) is 2. The first-order valence-electron chi connectivity index (χ1n) is 4.70. The molecular weight excluding hydrogens is 219 g/mol. The van der Waals surface area contributed by atoms with E-state index in [1.54, 1.807) is 0 Å². The molecule has 1 saturated carbocycles. The largest absolute Gasteiger partial charge is 0.494 e. The summed E-state index contributed by atoms with van der Waals surface area (Å²) in [5.74, 6) is -0.790. The number of carbonyl (C=O) groups is 1. The zero-order valence-corrected chi connectivity index (χ0v) is 8.97. The predicted molar refractivity (Wildman–Crippen MR) is 55.0 cm³/mol. The van der Waals surface area contributed by atoms with Crippen LogP contribution in [0.2, 0.25) is 5.02 Å². The molecule has 15 heavy (non-hydrogen) atoms. The summed E-state index contributed by atoms with van der Waals surface area (Å²) in [5.41, 5.74) is 0.0434. The molecule has 80 valence electrons. The topological polar surface area (TPSA) is 26.3 Å². The van der Waals surface area contributed by atoms with Crippen molar-refractivity contribution in [1.82, 2.24) is 0 Å². The van der Waals surface area contributed by atoms with Gasteiger partial charge in [-0.15, -0.1) is 0 Å². The molecule has 1 aromatic carbocycles. The maximum absolute atomic E-state index is 13.7. The number of ketones is 1. The molecule has 2 rings (SSSR count). The fraction of sp³-hybridized carbons (Fsp3) is 0.364. The van der Waals surface area contributed by atoms with E-state index in [-0.39, 0.29) is 23.0 Å². The molecule has 0 N–H and O–H groups in total. The maximum atomic E-state index is 13.7. The van der Waals surface area contributed by atoms with Crippen LogP contribution in [0.4, 0.5) is 4.39 Å². The van der Waals surface area contributed by atoms with Crippen molar-refractivity contribution in [2.75, 3.05) is 7.11 Å². The number of rotatable bonds is 3. The lowest BCUT2D eigenvalue weighted by atomic mass is 10.1. The molecule has 1 aliphatic rings. The summed E-state index contributed by atoms with van der Waals surface area (Å²) in [6, 6.07) is 2.72. The van der Waals surface area contributed by atoms with Crippen LogP contribution in [0.15, 0.2) is 12.1 Å². The Hall–Kier alpha value is -1.09. The lowest BCUT2D eigenvalue weighted by Crippen LogP contribution is -2.06. The number of carbonyl (C=O) groups excluding carboxylic acids is 1. The van der Waals surface area contributed by atoms with Crippen LogP contribution in [-0.4, -0.2) is 12.9 Å². The molecule has 0 atom stereocenters. The fourth-order valence-corrected chi connectivity index (χ4v) is 1.67. The molecule has 0 unspecified atom stereocenters. The molecular formula is C11H10ClFO2. The maximum Gasteiger partial charge on any atom is 0.175 e. The number of benzene rings is 1. The van der Waals surface area contributed by atoms with Gasteiger partial charge in [0, 0.05) is 17.0 Å². The van der Waals surface area contributed by atoms with Gasteiger partial charge in [0.15, 0.2) is 17.3 Å². The third kappa shape index (κ3) is 1.97. The fourth-order valence-electron chi connectivity index (χ4n) is 1.46. The number of hydrogen-bond donors (Lipinski definition) is 0. The van der Waals surface area contributed by atoms with E-state index in [0.29, 0.717) is 5.02 Å². The van der Waals surface area contributed by atoms with E-state index in [1.807, 2.05) is 0 Å². The Kier molecular flexibility index (Phi) is 2.65. The number of methoxy groups -OCH3 is 1. The van der Waals surface area contributed by atoms with Gasteiger partial charge in [0.2, 0.25) is 0 Å². The monoisotopic (exact) mass is 228 g/mol. The first kappa shape index (κ1) is 10.4. The summed E-state index contributed by atoms with van der Waals surface area (Å²) >= 11 is 5.77. The highest BCUT2D eigenvalue weighted by Gasteiger charge is 2.32. The number of ether oxygens (including phenoxy) is 1. The molecule has 0 amide bonds. The Balaban J connectivity index is 2.44. The first-order chi connectivity index (χ1) is 7.13. The van der Waals surface area contributed by atoms with Gasteiger partial charge in [-0.05, 0) is 18.9 Å². The van der Waals surface area contributed by atoms with Crippen molar-refractivity contribution in [3.8, 4) is 5.75 Å². The average Bonchev–Trinajstić information content (AvgIpc) is 3.03. The van der Waals surface area contributed by atoms with Crippen LogP contribution in [0.5, 0.6) is 5.75 Å². The normalized spacial score (nSPS) is 15.1. The SMILES string of the molecule is COc1cc(Cl)cc(C(=O)C2CC2)c1F. The molecule has 0 aliphatic heterocycles. The third-order valence-corrected chi connectivity index (χ3v) is 2.66. The number of Topliss-reactive ketones (excluding diaryl/α,β-unsaturated/α-hetero) is 1. The molecule has 0 aromatic heterocycles. The van der Waals surface area contributed by atoms with Crippen molar-refractivity contribution < 1.29 is 13.9 Å². The van der Waals surface area contributed by atoms with E-state index < -0.39 is 5.82 Å². The zero-order valence-electron chi connectivity index (χ0n) is 8.22. The van der Waals surface area contributed by atoms with Crippen LogP contribution >= 0.6 is 11.6 Å². The van der Waals surface area contributed by atoms with Gasteiger partial charge in [-0.25, -0.2) is 4.39 Å². The summed E-state index contributed by atoms with van der Waals surface area (Å²) < 4.78 is 18.5. The van der Waals surface area contributed by atoms with E-state index in [9.17, 15) is 9.18 Å². The first-order valence-corrected chi connectivity index (χ1v) is 5.08. The summed E-state index contributed by atoms with van der Waals surface area (Å²) in [5, 5.41) is 0.317. The highest BCUT2D eigenvalue weighted by atomic mass is 35.5. The highest BCUT2D eigenvalue weighted by Crippen LogP contribution is 2.35. The second-order valence-electron chi connectivity index (χ2n) is 3.61. The van der Waals surface area contributed by atoms with Gasteiger partial charge >= 0.3 is 0 Å². The van der Waals surface area contributed by atoms with Gasteiger partial charge in [-0.2, -0.15) is 0 Å². The Morgan fingerprint density at radius 2 is 2.20 bits per heavy atom. The van der Waals surface area contributed by atoms with E-state index in [4.69, 9.17) is 16.3 Å². The van der Waals surface area contributed by atoms with Gasteiger partial charge in [0.25, 0.3) is 0 Å². The summed E-state index contributed by atoms with van der Waals surface area (Å²) in [6.45, 7) is 0. The molecule has 1 fully saturated rings. The molecule has 2 nitrogen and oxygen atoms in total. The van der Waals surface area contributed by atoms with Crippen molar-refractivity contribution in [3.63, 3.8) is 0 Å². The van der Waals surface area contributed by atoms with Crippen LogP contribution in [0, 0.1) is 11.7 Å².